The predicted molar refractivity (Wildman–Crippen MR) is 86.9 cm³/mol. The molecule has 100 valence electrons. The first-order valence-electron chi connectivity index (χ1n) is 5.54. The van der Waals surface area contributed by atoms with Gasteiger partial charge in [0.2, 0.25) is 0 Å². The number of hydrogen-bond acceptors (Lipinski definition) is 1. The lowest BCUT2D eigenvalue weighted by molar-refractivity contribution is 0.177. The van der Waals surface area contributed by atoms with Gasteiger partial charge in [0, 0.05) is 14.5 Å². The van der Waals surface area contributed by atoms with Gasteiger partial charge < -0.3 is 5.11 Å². The Balaban J connectivity index is 2.22. The van der Waals surface area contributed by atoms with Crippen LogP contribution in [0.15, 0.2) is 40.9 Å². The summed E-state index contributed by atoms with van der Waals surface area (Å²) in [6, 6.07) is 10.2. The number of aliphatic hydroxyl groups excluding tert-OH is 1. The summed E-state index contributed by atoms with van der Waals surface area (Å²) in [5.41, 5.74) is 1.64. The fourth-order valence-corrected chi connectivity index (χ4v) is 3.05. The average Bonchev–Trinajstić information content (AvgIpc) is 2.36. The summed E-state index contributed by atoms with van der Waals surface area (Å²) in [5.74, 6) is -0.447. The van der Waals surface area contributed by atoms with Crippen molar-refractivity contribution in [2.75, 3.05) is 0 Å². The van der Waals surface area contributed by atoms with E-state index in [0.717, 1.165) is 19.2 Å². The van der Waals surface area contributed by atoms with Crippen molar-refractivity contribution in [1.82, 2.24) is 0 Å². The Morgan fingerprint density at radius 2 is 2.00 bits per heavy atom. The van der Waals surface area contributed by atoms with Crippen LogP contribution in [0.2, 0.25) is 5.02 Å². The molecule has 0 saturated heterocycles. The van der Waals surface area contributed by atoms with Gasteiger partial charge in [-0.2, -0.15) is 0 Å². The zero-order valence-corrected chi connectivity index (χ0v) is 14.2. The van der Waals surface area contributed by atoms with Gasteiger partial charge in [0.25, 0.3) is 0 Å². The Morgan fingerprint density at radius 3 is 2.68 bits per heavy atom. The smallest absolute Gasteiger partial charge is 0.141 e. The van der Waals surface area contributed by atoms with Gasteiger partial charge in [-0.25, -0.2) is 4.39 Å². The molecule has 1 nitrogen and oxygen atoms in total. The van der Waals surface area contributed by atoms with E-state index in [1.807, 2.05) is 18.2 Å². The largest absolute Gasteiger partial charge is 0.388 e. The van der Waals surface area contributed by atoms with Gasteiger partial charge in [-0.1, -0.05) is 33.6 Å². The van der Waals surface area contributed by atoms with Crippen LogP contribution in [-0.2, 0) is 6.42 Å². The van der Waals surface area contributed by atoms with Gasteiger partial charge in [-0.3, -0.25) is 0 Å². The molecule has 2 rings (SSSR count). The van der Waals surface area contributed by atoms with Crippen LogP contribution in [0.5, 0.6) is 0 Å². The van der Waals surface area contributed by atoms with E-state index in [2.05, 4.69) is 38.5 Å². The normalized spacial score (nSPS) is 12.5. The maximum atomic E-state index is 13.1. The van der Waals surface area contributed by atoms with Crippen LogP contribution < -0.4 is 0 Å². The first-order valence-corrected chi connectivity index (χ1v) is 7.79. The van der Waals surface area contributed by atoms with Crippen LogP contribution in [-0.4, -0.2) is 5.11 Å². The molecular weight excluding hydrogens is 445 g/mol. The van der Waals surface area contributed by atoms with Crippen molar-refractivity contribution in [2.24, 2.45) is 0 Å². The minimum Gasteiger partial charge on any atom is -0.388 e. The quantitative estimate of drug-likeness (QED) is 0.637. The SMILES string of the molecule is OC(Cc1ccc(F)c(Cl)c1)c1cc(Br)ccc1I. The first-order chi connectivity index (χ1) is 8.97. The standard InChI is InChI=1S/C14H10BrClFIO/c15-9-2-4-13(18)10(7-9)14(19)6-8-1-3-12(17)11(16)5-8/h1-5,7,14,19H,6H2. The Hall–Kier alpha value is -0.170. The van der Waals surface area contributed by atoms with Crippen molar-refractivity contribution in [2.45, 2.75) is 12.5 Å². The molecule has 0 saturated carbocycles. The van der Waals surface area contributed by atoms with Crippen LogP contribution >= 0.6 is 50.1 Å². The fraction of sp³-hybridized carbons (Fsp3) is 0.143. The number of benzene rings is 2. The van der Waals surface area contributed by atoms with Gasteiger partial charge >= 0.3 is 0 Å². The molecule has 0 spiro atoms. The second-order valence-corrected chi connectivity index (χ2v) is 6.62. The number of halogens is 4. The molecule has 0 bridgehead atoms. The predicted octanol–water partition coefficient (Wildman–Crippen LogP) is 5.12. The van der Waals surface area contributed by atoms with Gasteiger partial charge in [0.05, 0.1) is 11.1 Å². The van der Waals surface area contributed by atoms with Gasteiger partial charge in [0.1, 0.15) is 5.82 Å². The van der Waals surface area contributed by atoms with Gasteiger partial charge in [-0.05, 0) is 64.0 Å². The summed E-state index contributed by atoms with van der Waals surface area (Å²) < 4.78 is 15.0. The molecule has 0 amide bonds. The maximum Gasteiger partial charge on any atom is 0.141 e. The van der Waals surface area contributed by atoms with E-state index in [-0.39, 0.29) is 5.02 Å². The number of aliphatic hydroxyl groups is 1. The minimum absolute atomic E-state index is 0.0774. The summed E-state index contributed by atoms with van der Waals surface area (Å²) in [4.78, 5) is 0. The Kier molecular flexibility index (Phi) is 5.22. The highest BCUT2D eigenvalue weighted by Gasteiger charge is 2.13. The van der Waals surface area contributed by atoms with Crippen LogP contribution in [0.4, 0.5) is 4.39 Å². The molecule has 1 N–H and O–H groups in total. The molecule has 0 aliphatic heterocycles. The van der Waals surface area contributed by atoms with E-state index < -0.39 is 11.9 Å². The molecule has 2 aromatic rings. The molecule has 2 aromatic carbocycles. The van der Waals surface area contributed by atoms with Crippen LogP contribution in [0.1, 0.15) is 17.2 Å². The lowest BCUT2D eigenvalue weighted by Crippen LogP contribution is -2.04. The molecule has 1 atom stereocenters. The van der Waals surface area contributed by atoms with Crippen molar-refractivity contribution in [3.8, 4) is 0 Å². The Labute approximate surface area is 138 Å². The van der Waals surface area contributed by atoms with E-state index in [1.54, 1.807) is 12.1 Å². The minimum atomic E-state index is -0.647. The molecule has 0 radical (unpaired) electrons. The average molecular weight is 455 g/mol. The summed E-state index contributed by atoms with van der Waals surface area (Å²) in [5, 5.41) is 10.4. The molecule has 1 unspecified atom stereocenters. The molecule has 0 aliphatic carbocycles. The van der Waals surface area contributed by atoms with Gasteiger partial charge in [-0.15, -0.1) is 0 Å². The maximum absolute atomic E-state index is 13.1. The molecule has 0 aliphatic rings. The first kappa shape index (κ1) is 15.2. The van der Waals surface area contributed by atoms with Crippen molar-refractivity contribution in [1.29, 1.82) is 0 Å². The monoisotopic (exact) mass is 454 g/mol. The van der Waals surface area contributed by atoms with E-state index in [0.29, 0.717) is 6.42 Å². The van der Waals surface area contributed by atoms with Crippen molar-refractivity contribution >= 4 is 50.1 Å². The summed E-state index contributed by atoms with van der Waals surface area (Å²) in [7, 11) is 0. The third-order valence-corrected chi connectivity index (χ3v) is 4.50. The van der Waals surface area contributed by atoms with Crippen molar-refractivity contribution in [3.05, 3.63) is 66.4 Å². The number of rotatable bonds is 3. The molecule has 19 heavy (non-hydrogen) atoms. The highest BCUT2D eigenvalue weighted by molar-refractivity contribution is 14.1. The van der Waals surface area contributed by atoms with Crippen molar-refractivity contribution < 1.29 is 9.50 Å². The summed E-state index contributed by atoms with van der Waals surface area (Å²) in [6.45, 7) is 0. The van der Waals surface area contributed by atoms with E-state index in [9.17, 15) is 9.50 Å². The Morgan fingerprint density at radius 1 is 1.26 bits per heavy atom. The molecular formula is C14H10BrClFIO. The van der Waals surface area contributed by atoms with Crippen molar-refractivity contribution in [3.63, 3.8) is 0 Å². The zero-order valence-electron chi connectivity index (χ0n) is 9.71. The summed E-state index contributed by atoms with van der Waals surface area (Å²) in [6.07, 6.45) is -0.252. The second-order valence-electron chi connectivity index (χ2n) is 4.13. The van der Waals surface area contributed by atoms with Gasteiger partial charge in [0.15, 0.2) is 0 Å². The van der Waals surface area contributed by atoms with E-state index >= 15 is 0 Å². The highest BCUT2D eigenvalue weighted by atomic mass is 127. The topological polar surface area (TPSA) is 20.2 Å². The molecule has 0 heterocycles. The van der Waals surface area contributed by atoms with E-state index in [1.165, 1.54) is 6.07 Å². The van der Waals surface area contributed by atoms with E-state index in [4.69, 9.17) is 11.6 Å². The summed E-state index contributed by atoms with van der Waals surface area (Å²) >= 11 is 11.3. The third kappa shape index (κ3) is 3.90. The fourth-order valence-electron chi connectivity index (χ4n) is 1.77. The van der Waals surface area contributed by atoms with Crippen LogP contribution in [0.25, 0.3) is 0 Å². The van der Waals surface area contributed by atoms with Crippen LogP contribution in [0, 0.1) is 9.39 Å². The lowest BCUT2D eigenvalue weighted by atomic mass is 10.0. The second kappa shape index (κ2) is 6.52. The molecule has 0 aromatic heterocycles. The number of hydrogen-bond donors (Lipinski definition) is 1. The molecule has 5 heteroatoms. The highest BCUT2D eigenvalue weighted by Crippen LogP contribution is 2.27. The molecule has 0 fully saturated rings. The zero-order chi connectivity index (χ0) is 14.0. The third-order valence-electron chi connectivity index (χ3n) is 2.73. The Bertz CT molecular complexity index is 606. The van der Waals surface area contributed by atoms with Crippen LogP contribution in [0.3, 0.4) is 0 Å². The lowest BCUT2D eigenvalue weighted by Gasteiger charge is -2.14.